The quantitative estimate of drug-likeness (QED) is 0.595. The van der Waals surface area contributed by atoms with E-state index in [1.54, 1.807) is 0 Å². The van der Waals surface area contributed by atoms with Gasteiger partial charge in [0, 0.05) is 6.20 Å². The zero-order chi connectivity index (χ0) is 8.43. The minimum Gasteiger partial charge on any atom is -0.227 e. The van der Waals surface area contributed by atoms with Crippen molar-refractivity contribution < 1.29 is 4.39 Å². The fourth-order valence-electron chi connectivity index (χ4n) is 0.870. The van der Waals surface area contributed by atoms with E-state index in [1.807, 2.05) is 13.8 Å². The van der Waals surface area contributed by atoms with Gasteiger partial charge < -0.3 is 0 Å². The van der Waals surface area contributed by atoms with Crippen LogP contribution in [-0.4, -0.2) is 4.98 Å². The lowest BCUT2D eigenvalue weighted by molar-refractivity contribution is 0.579. The van der Waals surface area contributed by atoms with Crippen molar-refractivity contribution in [1.82, 2.24) is 4.98 Å². The molecule has 0 bridgehead atoms. The van der Waals surface area contributed by atoms with Gasteiger partial charge in [-0.3, -0.25) is 0 Å². The molecule has 11 heavy (non-hydrogen) atoms. The average molecular weight is 174 g/mol. The van der Waals surface area contributed by atoms with E-state index in [2.05, 4.69) is 4.98 Å². The number of aromatic nitrogens is 1. The number of halogens is 2. The highest BCUT2D eigenvalue weighted by molar-refractivity contribution is 6.31. The van der Waals surface area contributed by atoms with E-state index in [4.69, 9.17) is 11.6 Å². The Hall–Kier alpha value is -0.630. The molecule has 0 aliphatic heterocycles. The van der Waals surface area contributed by atoms with Crippen molar-refractivity contribution in [2.24, 2.45) is 0 Å². The van der Waals surface area contributed by atoms with Crippen molar-refractivity contribution in [1.29, 1.82) is 0 Å². The Labute approximate surface area is 70.2 Å². The van der Waals surface area contributed by atoms with Gasteiger partial charge in [0.1, 0.15) is 0 Å². The molecule has 0 aliphatic carbocycles. The Balaban J connectivity index is 3.13. The lowest BCUT2D eigenvalue weighted by Gasteiger charge is -2.06. The molecule has 60 valence electrons. The molecular weight excluding hydrogens is 165 g/mol. The van der Waals surface area contributed by atoms with E-state index < -0.39 is 5.95 Å². The molecule has 1 heterocycles. The summed E-state index contributed by atoms with van der Waals surface area (Å²) in [6.45, 7) is 3.92. The normalized spacial score (nSPS) is 10.6. The summed E-state index contributed by atoms with van der Waals surface area (Å²) in [5.74, 6) is -0.238. The van der Waals surface area contributed by atoms with Gasteiger partial charge in [-0.2, -0.15) is 4.39 Å². The maximum Gasteiger partial charge on any atom is 0.213 e. The predicted octanol–water partition coefficient (Wildman–Crippen LogP) is 3.00. The van der Waals surface area contributed by atoms with E-state index in [1.165, 1.54) is 12.3 Å². The highest BCUT2D eigenvalue weighted by Crippen LogP contribution is 2.23. The molecule has 0 aliphatic rings. The summed E-state index contributed by atoms with van der Waals surface area (Å²) in [4.78, 5) is 3.42. The SMILES string of the molecule is CC(C)c1cc(F)ncc1Cl. The number of rotatable bonds is 1. The largest absolute Gasteiger partial charge is 0.227 e. The maximum atomic E-state index is 12.5. The van der Waals surface area contributed by atoms with Gasteiger partial charge in [-0.15, -0.1) is 0 Å². The third-order valence-electron chi connectivity index (χ3n) is 1.47. The molecule has 0 fully saturated rings. The third kappa shape index (κ3) is 1.90. The van der Waals surface area contributed by atoms with E-state index in [0.717, 1.165) is 5.56 Å². The zero-order valence-electron chi connectivity index (χ0n) is 6.44. The number of hydrogen-bond donors (Lipinski definition) is 0. The highest BCUT2D eigenvalue weighted by Gasteiger charge is 2.05. The first-order valence-electron chi connectivity index (χ1n) is 3.42. The molecule has 0 amide bonds. The topological polar surface area (TPSA) is 12.9 Å². The fourth-order valence-corrected chi connectivity index (χ4v) is 1.19. The molecule has 0 radical (unpaired) electrons. The minimum absolute atomic E-state index is 0.236. The van der Waals surface area contributed by atoms with Crippen LogP contribution in [0.3, 0.4) is 0 Å². The molecule has 0 saturated heterocycles. The lowest BCUT2D eigenvalue weighted by atomic mass is 10.1. The zero-order valence-corrected chi connectivity index (χ0v) is 7.19. The molecule has 1 rings (SSSR count). The summed E-state index contributed by atoms with van der Waals surface area (Å²) in [6.07, 6.45) is 1.34. The molecule has 0 unspecified atom stereocenters. The molecule has 0 saturated carbocycles. The second-order valence-electron chi connectivity index (χ2n) is 2.68. The average Bonchev–Trinajstić information content (AvgIpc) is 1.94. The first kappa shape index (κ1) is 8.47. The van der Waals surface area contributed by atoms with Crippen LogP contribution in [0.4, 0.5) is 4.39 Å². The number of pyridine rings is 1. The van der Waals surface area contributed by atoms with Gasteiger partial charge in [0.25, 0.3) is 0 Å². The number of hydrogen-bond acceptors (Lipinski definition) is 1. The molecule has 0 spiro atoms. The van der Waals surface area contributed by atoms with Gasteiger partial charge in [-0.1, -0.05) is 25.4 Å². The van der Waals surface area contributed by atoms with Crippen molar-refractivity contribution >= 4 is 11.6 Å². The number of nitrogens with zero attached hydrogens (tertiary/aromatic N) is 1. The van der Waals surface area contributed by atoms with E-state index in [0.29, 0.717) is 5.02 Å². The maximum absolute atomic E-state index is 12.5. The van der Waals surface area contributed by atoms with Crippen LogP contribution >= 0.6 is 11.6 Å². The van der Waals surface area contributed by atoms with Crippen molar-refractivity contribution in [2.75, 3.05) is 0 Å². The van der Waals surface area contributed by atoms with Crippen LogP contribution in [0.5, 0.6) is 0 Å². The highest BCUT2D eigenvalue weighted by atomic mass is 35.5. The summed E-state index contributed by atoms with van der Waals surface area (Å²) in [6, 6.07) is 1.37. The molecule has 0 aromatic carbocycles. The molecule has 3 heteroatoms. The monoisotopic (exact) mass is 173 g/mol. The van der Waals surface area contributed by atoms with E-state index in [9.17, 15) is 4.39 Å². The Morgan fingerprint density at radius 2 is 2.18 bits per heavy atom. The van der Waals surface area contributed by atoms with Gasteiger partial charge in [-0.05, 0) is 17.5 Å². The molecule has 0 atom stereocenters. The van der Waals surface area contributed by atoms with Crippen molar-refractivity contribution in [2.45, 2.75) is 19.8 Å². The summed E-state index contributed by atoms with van der Waals surface area (Å²) in [5.41, 5.74) is 0.805. The van der Waals surface area contributed by atoms with Crippen LogP contribution < -0.4 is 0 Å². The summed E-state index contributed by atoms with van der Waals surface area (Å²) < 4.78 is 12.5. The van der Waals surface area contributed by atoms with E-state index in [-0.39, 0.29) is 5.92 Å². The Kier molecular flexibility index (Phi) is 2.45. The van der Waals surface area contributed by atoms with Crippen molar-refractivity contribution in [3.8, 4) is 0 Å². The van der Waals surface area contributed by atoms with Crippen LogP contribution in [0.2, 0.25) is 5.02 Å². The van der Waals surface area contributed by atoms with Crippen LogP contribution in [0.25, 0.3) is 0 Å². The van der Waals surface area contributed by atoms with Gasteiger partial charge in [0.05, 0.1) is 5.02 Å². The van der Waals surface area contributed by atoms with Crippen molar-refractivity contribution in [3.63, 3.8) is 0 Å². The smallest absolute Gasteiger partial charge is 0.213 e. The summed E-state index contributed by atoms with van der Waals surface area (Å²) >= 11 is 5.76. The minimum atomic E-state index is -0.474. The molecule has 0 N–H and O–H groups in total. The fraction of sp³-hybridized carbons (Fsp3) is 0.375. The Morgan fingerprint density at radius 3 is 2.64 bits per heavy atom. The van der Waals surface area contributed by atoms with Gasteiger partial charge in [0.15, 0.2) is 0 Å². The second kappa shape index (κ2) is 3.18. The summed E-state index contributed by atoms with van der Waals surface area (Å²) in [5, 5.41) is 0.529. The molecule has 1 aromatic heterocycles. The first-order chi connectivity index (χ1) is 5.11. The van der Waals surface area contributed by atoms with Gasteiger partial charge in [-0.25, -0.2) is 4.98 Å². The second-order valence-corrected chi connectivity index (χ2v) is 3.09. The summed E-state index contributed by atoms with van der Waals surface area (Å²) in [7, 11) is 0. The lowest BCUT2D eigenvalue weighted by Crippen LogP contribution is -1.92. The molecular formula is C8H9ClFN. The van der Waals surface area contributed by atoms with E-state index >= 15 is 0 Å². The molecule has 1 nitrogen and oxygen atoms in total. The van der Waals surface area contributed by atoms with Crippen LogP contribution in [0.1, 0.15) is 25.3 Å². The van der Waals surface area contributed by atoms with Crippen LogP contribution in [0, 0.1) is 5.95 Å². The van der Waals surface area contributed by atoms with Crippen LogP contribution in [0.15, 0.2) is 12.3 Å². The standard InChI is InChI=1S/C8H9ClFN/c1-5(2)6-3-8(10)11-4-7(6)9/h3-5H,1-2H3. The van der Waals surface area contributed by atoms with Crippen LogP contribution in [-0.2, 0) is 0 Å². The van der Waals surface area contributed by atoms with Gasteiger partial charge >= 0.3 is 0 Å². The Morgan fingerprint density at radius 1 is 1.55 bits per heavy atom. The molecule has 1 aromatic rings. The third-order valence-corrected chi connectivity index (χ3v) is 1.79. The first-order valence-corrected chi connectivity index (χ1v) is 3.80. The van der Waals surface area contributed by atoms with Gasteiger partial charge in [0.2, 0.25) is 5.95 Å². The Bertz CT molecular complexity index is 260. The predicted molar refractivity (Wildman–Crippen MR) is 43.3 cm³/mol. The van der Waals surface area contributed by atoms with Crippen molar-refractivity contribution in [3.05, 3.63) is 28.8 Å².